The van der Waals surface area contributed by atoms with Gasteiger partial charge in [-0.05, 0) is 25.7 Å². The van der Waals surface area contributed by atoms with Crippen LogP contribution < -0.4 is 0 Å². The fraction of sp³-hybridized carbons (Fsp3) is 0.700. The molecule has 0 aromatic rings. The summed E-state index contributed by atoms with van der Waals surface area (Å²) in [5.41, 5.74) is 0. The van der Waals surface area contributed by atoms with Gasteiger partial charge in [-0.25, -0.2) is 0 Å². The Labute approximate surface area is 87.1 Å². The lowest BCUT2D eigenvalue weighted by Crippen LogP contribution is -2.52. The van der Waals surface area contributed by atoms with Gasteiger partial charge in [0.25, 0.3) is 0 Å². The molecule has 3 aliphatic rings. The number of fused-ring (bicyclic) bond motifs is 3. The summed E-state index contributed by atoms with van der Waals surface area (Å²) in [5, 5.41) is 0. The molecule has 13 heavy (non-hydrogen) atoms. The maximum atomic E-state index is 11.8. The molecule has 1 saturated carbocycles. The molecule has 0 aromatic carbocycles. The molecule has 2 nitrogen and oxygen atoms in total. The zero-order valence-corrected chi connectivity index (χ0v) is 9.22. The average molecular weight is 244 g/mol. The van der Waals surface area contributed by atoms with Gasteiger partial charge in [0.05, 0.1) is 6.54 Å². The van der Waals surface area contributed by atoms with Crippen LogP contribution in [0.15, 0.2) is 11.1 Å². The number of hydrogen-bond donors (Lipinski definition) is 0. The lowest BCUT2D eigenvalue weighted by atomic mass is 9.79. The van der Waals surface area contributed by atoms with E-state index in [1.165, 1.54) is 12.8 Å². The number of halogens is 1. The van der Waals surface area contributed by atoms with Gasteiger partial charge in [-0.1, -0.05) is 22.5 Å². The van der Waals surface area contributed by atoms with E-state index in [-0.39, 0.29) is 0 Å². The Kier molecular flexibility index (Phi) is 2.45. The van der Waals surface area contributed by atoms with E-state index >= 15 is 0 Å². The Morgan fingerprint density at radius 3 is 2.54 bits per heavy atom. The van der Waals surface area contributed by atoms with Gasteiger partial charge in [-0.15, -0.1) is 0 Å². The summed E-state index contributed by atoms with van der Waals surface area (Å²) in [4.78, 5) is 13.8. The standard InChI is InChI=1S/C10H14BrNO/c1-7(11)6-12-9-4-2-8(3-5-9)10(12)13/h8-9H,1-6H2. The highest BCUT2D eigenvalue weighted by Gasteiger charge is 2.39. The number of rotatable bonds is 2. The maximum absolute atomic E-state index is 11.8. The van der Waals surface area contributed by atoms with E-state index in [0.29, 0.717) is 24.4 Å². The molecule has 0 N–H and O–H groups in total. The molecular weight excluding hydrogens is 230 g/mol. The molecule has 2 heterocycles. The largest absolute Gasteiger partial charge is 0.335 e. The first kappa shape index (κ1) is 9.25. The van der Waals surface area contributed by atoms with Crippen molar-refractivity contribution in [3.8, 4) is 0 Å². The zero-order chi connectivity index (χ0) is 9.42. The van der Waals surface area contributed by atoms with Crippen LogP contribution in [-0.4, -0.2) is 23.4 Å². The fourth-order valence-corrected chi connectivity index (χ4v) is 2.71. The van der Waals surface area contributed by atoms with Crippen molar-refractivity contribution >= 4 is 21.8 Å². The molecule has 3 rings (SSSR count). The number of piperidine rings is 2. The molecule has 3 heteroatoms. The van der Waals surface area contributed by atoms with E-state index in [1.54, 1.807) is 0 Å². The van der Waals surface area contributed by atoms with E-state index in [1.807, 2.05) is 4.90 Å². The molecule has 0 unspecified atom stereocenters. The molecule has 2 bridgehead atoms. The van der Waals surface area contributed by atoms with Crippen LogP contribution in [0.1, 0.15) is 25.7 Å². The quantitative estimate of drug-likeness (QED) is 0.729. The normalized spacial score (nSPS) is 32.4. The summed E-state index contributed by atoms with van der Waals surface area (Å²) >= 11 is 3.32. The van der Waals surface area contributed by atoms with Gasteiger partial charge in [0, 0.05) is 16.4 Å². The smallest absolute Gasteiger partial charge is 0.226 e. The minimum Gasteiger partial charge on any atom is -0.335 e. The number of nitrogens with zero attached hydrogens (tertiary/aromatic N) is 1. The molecule has 1 amide bonds. The predicted octanol–water partition coefficient (Wildman–Crippen LogP) is 2.30. The van der Waals surface area contributed by atoms with Gasteiger partial charge < -0.3 is 4.90 Å². The zero-order valence-electron chi connectivity index (χ0n) is 7.63. The number of carbonyl (C=O) groups is 1. The molecule has 0 atom stereocenters. The monoisotopic (exact) mass is 243 g/mol. The van der Waals surface area contributed by atoms with Crippen LogP contribution in [-0.2, 0) is 4.79 Å². The van der Waals surface area contributed by atoms with Gasteiger partial charge in [-0.3, -0.25) is 4.79 Å². The SMILES string of the molecule is C=C(Br)CN1C(=O)C2CCC1CC2. The van der Waals surface area contributed by atoms with Gasteiger partial charge in [-0.2, -0.15) is 0 Å². The molecule has 2 aliphatic heterocycles. The van der Waals surface area contributed by atoms with Crippen molar-refractivity contribution in [2.45, 2.75) is 31.7 Å². The second kappa shape index (κ2) is 3.45. The van der Waals surface area contributed by atoms with E-state index in [2.05, 4.69) is 22.5 Å². The lowest BCUT2D eigenvalue weighted by Gasteiger charge is -2.44. The fourth-order valence-electron chi connectivity index (χ4n) is 2.44. The van der Waals surface area contributed by atoms with E-state index in [4.69, 9.17) is 0 Å². The summed E-state index contributed by atoms with van der Waals surface area (Å²) in [6.45, 7) is 4.48. The minimum absolute atomic E-state index is 0.317. The molecule has 0 spiro atoms. The van der Waals surface area contributed by atoms with Crippen LogP contribution in [0.3, 0.4) is 0 Å². The van der Waals surface area contributed by atoms with Crippen LogP contribution >= 0.6 is 15.9 Å². The third kappa shape index (κ3) is 1.66. The van der Waals surface area contributed by atoms with Gasteiger partial charge >= 0.3 is 0 Å². The molecule has 2 saturated heterocycles. The summed E-state index contributed by atoms with van der Waals surface area (Å²) in [7, 11) is 0. The first-order valence-electron chi connectivity index (χ1n) is 4.82. The highest BCUT2D eigenvalue weighted by Crippen LogP contribution is 2.36. The van der Waals surface area contributed by atoms with Crippen LogP contribution in [0.5, 0.6) is 0 Å². The highest BCUT2D eigenvalue weighted by atomic mass is 79.9. The number of carbonyl (C=O) groups excluding carboxylic acids is 1. The van der Waals surface area contributed by atoms with Crippen LogP contribution in [0.2, 0.25) is 0 Å². The molecule has 0 aromatic heterocycles. The molecule has 3 fully saturated rings. The van der Waals surface area contributed by atoms with E-state index < -0.39 is 0 Å². The third-order valence-electron chi connectivity index (χ3n) is 3.11. The van der Waals surface area contributed by atoms with E-state index in [0.717, 1.165) is 17.3 Å². The van der Waals surface area contributed by atoms with Gasteiger partial charge in [0.1, 0.15) is 0 Å². The highest BCUT2D eigenvalue weighted by molar-refractivity contribution is 9.11. The third-order valence-corrected chi connectivity index (χ3v) is 3.36. The summed E-state index contributed by atoms with van der Waals surface area (Å²) in [5.74, 6) is 0.667. The number of hydrogen-bond acceptors (Lipinski definition) is 1. The molecule has 1 aliphatic carbocycles. The molecule has 0 radical (unpaired) electrons. The first-order valence-corrected chi connectivity index (χ1v) is 5.61. The predicted molar refractivity (Wildman–Crippen MR) is 55.5 cm³/mol. The summed E-state index contributed by atoms with van der Waals surface area (Å²) in [6, 6.07) is 0.492. The van der Waals surface area contributed by atoms with Crippen molar-refractivity contribution in [2.24, 2.45) is 5.92 Å². The Hall–Kier alpha value is -0.310. The minimum atomic E-state index is 0.317. The summed E-state index contributed by atoms with van der Waals surface area (Å²) < 4.78 is 0.911. The topological polar surface area (TPSA) is 20.3 Å². The van der Waals surface area contributed by atoms with Crippen LogP contribution in [0.25, 0.3) is 0 Å². The second-order valence-corrected chi connectivity index (χ2v) is 5.11. The van der Waals surface area contributed by atoms with Crippen LogP contribution in [0.4, 0.5) is 0 Å². The Balaban J connectivity index is 2.09. The van der Waals surface area contributed by atoms with Crippen molar-refractivity contribution in [1.82, 2.24) is 4.90 Å². The van der Waals surface area contributed by atoms with Crippen molar-refractivity contribution in [2.75, 3.05) is 6.54 Å². The van der Waals surface area contributed by atoms with Crippen molar-refractivity contribution in [1.29, 1.82) is 0 Å². The Morgan fingerprint density at radius 1 is 1.46 bits per heavy atom. The maximum Gasteiger partial charge on any atom is 0.226 e. The molecule has 72 valence electrons. The molecular formula is C10H14BrNO. The van der Waals surface area contributed by atoms with E-state index in [9.17, 15) is 4.79 Å². The summed E-state index contributed by atoms with van der Waals surface area (Å²) in [6.07, 6.45) is 4.59. The van der Waals surface area contributed by atoms with Crippen molar-refractivity contribution < 1.29 is 4.79 Å². The lowest BCUT2D eigenvalue weighted by molar-refractivity contribution is -0.146. The van der Waals surface area contributed by atoms with Gasteiger partial charge in [0.15, 0.2) is 0 Å². The average Bonchev–Trinajstić information content (AvgIpc) is 2.11. The van der Waals surface area contributed by atoms with Crippen LogP contribution in [0, 0.1) is 5.92 Å². The Bertz CT molecular complexity index is 243. The second-order valence-electron chi connectivity index (χ2n) is 3.99. The number of amides is 1. The van der Waals surface area contributed by atoms with Gasteiger partial charge in [0.2, 0.25) is 5.91 Å². The van der Waals surface area contributed by atoms with Crippen molar-refractivity contribution in [3.05, 3.63) is 11.1 Å². The first-order chi connectivity index (χ1) is 6.18. The Morgan fingerprint density at radius 2 is 2.08 bits per heavy atom. The van der Waals surface area contributed by atoms with Crippen molar-refractivity contribution in [3.63, 3.8) is 0 Å².